The van der Waals surface area contributed by atoms with Gasteiger partial charge in [-0.25, -0.2) is 0 Å². The van der Waals surface area contributed by atoms with Gasteiger partial charge in [0.25, 0.3) is 0 Å². The molecule has 23 heavy (non-hydrogen) atoms. The Kier molecular flexibility index (Phi) is 7.35. The van der Waals surface area contributed by atoms with Gasteiger partial charge in [0.05, 0.1) is 24.8 Å². The summed E-state index contributed by atoms with van der Waals surface area (Å²) >= 11 is 0. The predicted octanol–water partition coefficient (Wildman–Crippen LogP) is 2.47. The molecule has 0 unspecified atom stereocenters. The van der Waals surface area contributed by atoms with Crippen LogP contribution < -0.4 is 10.5 Å². The molecular formula is C17H22ClN3O2. The lowest BCUT2D eigenvalue weighted by Gasteiger charge is -2.17. The van der Waals surface area contributed by atoms with E-state index in [4.69, 9.17) is 10.5 Å². The molecule has 0 saturated carbocycles. The zero-order valence-corrected chi connectivity index (χ0v) is 14.2. The maximum Gasteiger partial charge on any atom is 0.228 e. The van der Waals surface area contributed by atoms with Gasteiger partial charge in [0.2, 0.25) is 5.91 Å². The molecule has 124 valence electrons. The molecule has 1 amide bonds. The number of likely N-dealkylation sites (N-methyl/N-ethyl adjacent to an activating group) is 1. The molecule has 2 N–H and O–H groups in total. The SMILES string of the molecule is Cc1cccc(OCCN(C)C(=O)Cc2ccc(N)cn2)c1.Cl. The minimum absolute atomic E-state index is 0. The van der Waals surface area contributed by atoms with Crippen molar-refractivity contribution in [1.82, 2.24) is 9.88 Å². The zero-order chi connectivity index (χ0) is 15.9. The molecule has 0 fully saturated rings. The lowest BCUT2D eigenvalue weighted by atomic mass is 10.2. The number of ether oxygens (including phenoxy) is 1. The van der Waals surface area contributed by atoms with Gasteiger partial charge in [-0.1, -0.05) is 12.1 Å². The number of aromatic nitrogens is 1. The molecule has 0 radical (unpaired) electrons. The number of anilines is 1. The highest BCUT2D eigenvalue weighted by Crippen LogP contribution is 2.12. The Labute approximate surface area is 142 Å². The second-order valence-electron chi connectivity index (χ2n) is 5.24. The molecule has 5 nitrogen and oxygen atoms in total. The third kappa shape index (κ3) is 6.16. The van der Waals surface area contributed by atoms with Crippen molar-refractivity contribution >= 4 is 24.0 Å². The summed E-state index contributed by atoms with van der Waals surface area (Å²) in [5.74, 6) is 0.825. The summed E-state index contributed by atoms with van der Waals surface area (Å²) in [5.41, 5.74) is 8.03. The van der Waals surface area contributed by atoms with Crippen LogP contribution in [-0.2, 0) is 11.2 Å². The fourth-order valence-electron chi connectivity index (χ4n) is 1.96. The summed E-state index contributed by atoms with van der Waals surface area (Å²) in [4.78, 5) is 17.9. The van der Waals surface area contributed by atoms with E-state index in [1.165, 1.54) is 0 Å². The molecule has 0 spiro atoms. The average Bonchev–Trinajstić information content (AvgIpc) is 2.49. The van der Waals surface area contributed by atoms with Crippen molar-refractivity contribution in [2.75, 3.05) is 25.9 Å². The molecule has 2 rings (SSSR count). The smallest absolute Gasteiger partial charge is 0.228 e. The summed E-state index contributed by atoms with van der Waals surface area (Å²) < 4.78 is 5.65. The molecule has 0 aliphatic carbocycles. The molecule has 1 aromatic carbocycles. The maximum absolute atomic E-state index is 12.1. The van der Waals surface area contributed by atoms with Gasteiger partial charge in [0.1, 0.15) is 12.4 Å². The first-order valence-corrected chi connectivity index (χ1v) is 7.18. The van der Waals surface area contributed by atoms with Crippen molar-refractivity contribution in [3.8, 4) is 5.75 Å². The van der Waals surface area contributed by atoms with E-state index in [1.54, 1.807) is 30.3 Å². The summed E-state index contributed by atoms with van der Waals surface area (Å²) in [6, 6.07) is 11.4. The molecule has 1 heterocycles. The first-order valence-electron chi connectivity index (χ1n) is 7.18. The lowest BCUT2D eigenvalue weighted by molar-refractivity contribution is -0.129. The van der Waals surface area contributed by atoms with Crippen LogP contribution in [0, 0.1) is 6.92 Å². The minimum atomic E-state index is 0. The number of rotatable bonds is 6. The number of hydrogen-bond donors (Lipinski definition) is 1. The third-order valence-electron chi connectivity index (χ3n) is 3.29. The normalized spacial score (nSPS) is 9.83. The molecule has 0 bridgehead atoms. The highest BCUT2D eigenvalue weighted by Gasteiger charge is 2.10. The van der Waals surface area contributed by atoms with Gasteiger partial charge in [-0.15, -0.1) is 12.4 Å². The van der Waals surface area contributed by atoms with Crippen molar-refractivity contribution in [1.29, 1.82) is 0 Å². The van der Waals surface area contributed by atoms with Crippen molar-refractivity contribution in [3.05, 3.63) is 53.9 Å². The third-order valence-corrected chi connectivity index (χ3v) is 3.29. The number of nitrogens with two attached hydrogens (primary N) is 1. The van der Waals surface area contributed by atoms with E-state index in [2.05, 4.69) is 4.98 Å². The van der Waals surface area contributed by atoms with Crippen LogP contribution in [-0.4, -0.2) is 36.0 Å². The van der Waals surface area contributed by atoms with Gasteiger partial charge >= 0.3 is 0 Å². The molecule has 0 aliphatic rings. The maximum atomic E-state index is 12.1. The first-order chi connectivity index (χ1) is 10.5. The van der Waals surface area contributed by atoms with Crippen molar-refractivity contribution in [3.63, 3.8) is 0 Å². The predicted molar refractivity (Wildman–Crippen MR) is 93.9 cm³/mol. The van der Waals surface area contributed by atoms with Crippen LogP contribution in [0.3, 0.4) is 0 Å². The van der Waals surface area contributed by atoms with Gasteiger partial charge in [0, 0.05) is 12.7 Å². The molecule has 6 heteroatoms. The Morgan fingerprint density at radius 3 is 2.74 bits per heavy atom. The van der Waals surface area contributed by atoms with E-state index in [0.717, 1.165) is 11.3 Å². The lowest BCUT2D eigenvalue weighted by Crippen LogP contribution is -2.32. The van der Waals surface area contributed by atoms with Gasteiger partial charge < -0.3 is 15.4 Å². The van der Waals surface area contributed by atoms with Gasteiger partial charge in [-0.3, -0.25) is 9.78 Å². The Hall–Kier alpha value is -2.27. The molecule has 2 aromatic rings. The van der Waals surface area contributed by atoms with Crippen LogP contribution in [0.15, 0.2) is 42.6 Å². The number of halogens is 1. The van der Waals surface area contributed by atoms with Crippen LogP contribution in [0.1, 0.15) is 11.3 Å². The molecule has 0 saturated heterocycles. The van der Waals surface area contributed by atoms with E-state index in [9.17, 15) is 4.79 Å². The topological polar surface area (TPSA) is 68.5 Å². The van der Waals surface area contributed by atoms with E-state index in [1.807, 2.05) is 31.2 Å². The number of amides is 1. The number of benzene rings is 1. The number of nitrogens with zero attached hydrogens (tertiary/aromatic N) is 2. The summed E-state index contributed by atoms with van der Waals surface area (Å²) in [6.07, 6.45) is 1.82. The number of carbonyl (C=O) groups is 1. The first kappa shape index (κ1) is 18.8. The quantitative estimate of drug-likeness (QED) is 0.880. The minimum Gasteiger partial charge on any atom is -0.492 e. The average molecular weight is 336 g/mol. The number of aryl methyl sites for hydroxylation is 1. The number of carbonyl (C=O) groups excluding carboxylic acids is 1. The monoisotopic (exact) mass is 335 g/mol. The van der Waals surface area contributed by atoms with Crippen molar-refractivity contribution in [2.45, 2.75) is 13.3 Å². The molecule has 0 aliphatic heterocycles. The summed E-state index contributed by atoms with van der Waals surface area (Å²) in [7, 11) is 1.76. The largest absolute Gasteiger partial charge is 0.492 e. The van der Waals surface area contributed by atoms with E-state index in [0.29, 0.717) is 24.5 Å². The number of hydrogen-bond acceptors (Lipinski definition) is 4. The van der Waals surface area contributed by atoms with Crippen LogP contribution in [0.25, 0.3) is 0 Å². The van der Waals surface area contributed by atoms with Crippen molar-refractivity contribution in [2.24, 2.45) is 0 Å². The van der Waals surface area contributed by atoms with Crippen LogP contribution in [0.4, 0.5) is 5.69 Å². The summed E-state index contributed by atoms with van der Waals surface area (Å²) in [5, 5.41) is 0. The molecule has 0 atom stereocenters. The van der Waals surface area contributed by atoms with Gasteiger partial charge in [-0.2, -0.15) is 0 Å². The Morgan fingerprint density at radius 1 is 1.30 bits per heavy atom. The Bertz CT molecular complexity index is 632. The van der Waals surface area contributed by atoms with Crippen LogP contribution in [0.5, 0.6) is 5.75 Å². The fraction of sp³-hybridized carbons (Fsp3) is 0.294. The molecular weight excluding hydrogens is 314 g/mol. The zero-order valence-electron chi connectivity index (χ0n) is 13.4. The van der Waals surface area contributed by atoms with E-state index < -0.39 is 0 Å². The standard InChI is InChI=1S/C17H21N3O2.ClH/c1-13-4-3-5-16(10-13)22-9-8-20(2)17(21)11-15-7-6-14(18)12-19-15;/h3-7,10,12H,8-9,11,18H2,1-2H3;1H. The van der Waals surface area contributed by atoms with Crippen molar-refractivity contribution < 1.29 is 9.53 Å². The summed E-state index contributed by atoms with van der Waals surface area (Å²) in [6.45, 7) is 3.00. The van der Waals surface area contributed by atoms with E-state index in [-0.39, 0.29) is 24.7 Å². The second kappa shape index (κ2) is 9.00. The highest BCUT2D eigenvalue weighted by molar-refractivity contribution is 5.85. The fourth-order valence-corrected chi connectivity index (χ4v) is 1.96. The Balaban J connectivity index is 0.00000264. The van der Waals surface area contributed by atoms with Gasteiger partial charge in [-0.05, 0) is 36.8 Å². The van der Waals surface area contributed by atoms with E-state index >= 15 is 0 Å². The number of nitrogen functional groups attached to an aromatic ring is 1. The van der Waals surface area contributed by atoms with Gasteiger partial charge in [0.15, 0.2) is 0 Å². The Morgan fingerprint density at radius 2 is 2.09 bits per heavy atom. The number of pyridine rings is 1. The van der Waals surface area contributed by atoms with Crippen LogP contribution >= 0.6 is 12.4 Å². The highest BCUT2D eigenvalue weighted by atomic mass is 35.5. The molecule has 1 aromatic heterocycles. The van der Waals surface area contributed by atoms with Crippen LogP contribution in [0.2, 0.25) is 0 Å². The second-order valence-corrected chi connectivity index (χ2v) is 5.24.